The fraction of sp³-hybridized carbons (Fsp3) is 0.0667. The number of benzene rings is 2. The molecule has 5 heteroatoms. The van der Waals surface area contributed by atoms with Crippen LogP contribution in [-0.2, 0) is 4.74 Å². The molecule has 0 saturated carbocycles. The van der Waals surface area contributed by atoms with Crippen LogP contribution in [0.3, 0.4) is 0 Å². The van der Waals surface area contributed by atoms with E-state index in [-0.39, 0.29) is 10.6 Å². The van der Waals surface area contributed by atoms with Gasteiger partial charge in [-0.15, -0.1) is 0 Å². The standard InChI is InChI=1S/C15H9Cl2NO2/c16-12-7-3-1-5-10(12)14(9-18)20-15(19)11-6-2-4-8-13(11)17/h1-8,14H. The molecule has 1 unspecified atom stereocenters. The topological polar surface area (TPSA) is 50.1 Å². The summed E-state index contributed by atoms with van der Waals surface area (Å²) < 4.78 is 5.16. The van der Waals surface area contributed by atoms with Crippen molar-refractivity contribution in [2.24, 2.45) is 0 Å². The number of halogens is 2. The van der Waals surface area contributed by atoms with E-state index in [1.807, 2.05) is 6.07 Å². The highest BCUT2D eigenvalue weighted by Gasteiger charge is 2.20. The highest BCUT2D eigenvalue weighted by Crippen LogP contribution is 2.27. The SMILES string of the molecule is N#CC(OC(=O)c1ccccc1Cl)c1ccccc1Cl. The molecule has 0 aromatic heterocycles. The number of esters is 1. The van der Waals surface area contributed by atoms with Crippen LogP contribution >= 0.6 is 23.2 Å². The van der Waals surface area contributed by atoms with Crippen LogP contribution in [0.15, 0.2) is 48.5 Å². The molecular formula is C15H9Cl2NO2. The summed E-state index contributed by atoms with van der Waals surface area (Å²) in [7, 11) is 0. The molecule has 0 N–H and O–H groups in total. The van der Waals surface area contributed by atoms with E-state index in [1.54, 1.807) is 42.5 Å². The number of nitriles is 1. The van der Waals surface area contributed by atoms with Gasteiger partial charge in [0.15, 0.2) is 0 Å². The van der Waals surface area contributed by atoms with Gasteiger partial charge in [-0.1, -0.05) is 53.5 Å². The normalized spacial score (nSPS) is 11.4. The number of ether oxygens (including phenoxy) is 1. The minimum atomic E-state index is -1.08. The largest absolute Gasteiger partial charge is 0.438 e. The Labute approximate surface area is 126 Å². The first-order valence-electron chi connectivity index (χ1n) is 5.73. The van der Waals surface area contributed by atoms with Crippen molar-refractivity contribution in [3.8, 4) is 6.07 Å². The number of carbonyl (C=O) groups is 1. The fourth-order valence-electron chi connectivity index (χ4n) is 1.64. The van der Waals surface area contributed by atoms with Crippen molar-refractivity contribution in [3.05, 3.63) is 69.7 Å². The van der Waals surface area contributed by atoms with E-state index < -0.39 is 12.1 Å². The van der Waals surface area contributed by atoms with Gasteiger partial charge in [0.25, 0.3) is 0 Å². The summed E-state index contributed by atoms with van der Waals surface area (Å²) >= 11 is 11.9. The minimum absolute atomic E-state index is 0.210. The first-order chi connectivity index (χ1) is 9.63. The highest BCUT2D eigenvalue weighted by atomic mass is 35.5. The van der Waals surface area contributed by atoms with Crippen LogP contribution in [0.5, 0.6) is 0 Å². The van der Waals surface area contributed by atoms with Gasteiger partial charge in [-0.3, -0.25) is 0 Å². The average molecular weight is 306 g/mol. The van der Waals surface area contributed by atoms with Crippen molar-refractivity contribution in [1.29, 1.82) is 5.26 Å². The van der Waals surface area contributed by atoms with Crippen LogP contribution in [0.25, 0.3) is 0 Å². The lowest BCUT2D eigenvalue weighted by Gasteiger charge is -2.13. The molecule has 0 radical (unpaired) electrons. The molecule has 0 aliphatic rings. The van der Waals surface area contributed by atoms with Gasteiger partial charge in [0.2, 0.25) is 6.10 Å². The zero-order valence-electron chi connectivity index (χ0n) is 10.2. The predicted octanol–water partition coefficient (Wildman–Crippen LogP) is 4.42. The summed E-state index contributed by atoms with van der Waals surface area (Å²) in [5.74, 6) is -0.665. The second-order valence-electron chi connectivity index (χ2n) is 3.92. The van der Waals surface area contributed by atoms with Gasteiger partial charge >= 0.3 is 5.97 Å². The molecule has 0 bridgehead atoms. The Morgan fingerprint density at radius 1 is 1.05 bits per heavy atom. The summed E-state index contributed by atoms with van der Waals surface area (Å²) in [6, 6.07) is 15.1. The molecule has 20 heavy (non-hydrogen) atoms. The maximum absolute atomic E-state index is 12.0. The maximum atomic E-state index is 12.0. The lowest BCUT2D eigenvalue weighted by atomic mass is 10.1. The smallest absolute Gasteiger partial charge is 0.341 e. The highest BCUT2D eigenvalue weighted by molar-refractivity contribution is 6.33. The van der Waals surface area contributed by atoms with Gasteiger partial charge in [0.1, 0.15) is 6.07 Å². The molecule has 0 amide bonds. The van der Waals surface area contributed by atoms with Gasteiger partial charge in [-0.25, -0.2) is 4.79 Å². The van der Waals surface area contributed by atoms with Gasteiger partial charge in [0, 0.05) is 10.6 Å². The van der Waals surface area contributed by atoms with Crippen molar-refractivity contribution in [2.75, 3.05) is 0 Å². The molecule has 0 aliphatic carbocycles. The quantitative estimate of drug-likeness (QED) is 0.789. The van der Waals surface area contributed by atoms with Crippen LogP contribution in [0, 0.1) is 11.3 Å². The number of hydrogen-bond donors (Lipinski definition) is 0. The predicted molar refractivity (Wildman–Crippen MR) is 76.7 cm³/mol. The van der Waals surface area contributed by atoms with Crippen molar-refractivity contribution in [3.63, 3.8) is 0 Å². The van der Waals surface area contributed by atoms with Crippen LogP contribution in [-0.4, -0.2) is 5.97 Å². The fourth-order valence-corrected chi connectivity index (χ4v) is 2.09. The van der Waals surface area contributed by atoms with Gasteiger partial charge in [0.05, 0.1) is 10.6 Å². The van der Waals surface area contributed by atoms with Crippen LogP contribution in [0.1, 0.15) is 22.0 Å². The van der Waals surface area contributed by atoms with Crippen molar-refractivity contribution in [2.45, 2.75) is 6.10 Å². The third-order valence-corrected chi connectivity index (χ3v) is 3.30. The van der Waals surface area contributed by atoms with Crippen LogP contribution < -0.4 is 0 Å². The van der Waals surface area contributed by atoms with E-state index in [9.17, 15) is 4.79 Å². The third-order valence-electron chi connectivity index (χ3n) is 2.62. The second-order valence-corrected chi connectivity index (χ2v) is 4.73. The van der Waals surface area contributed by atoms with E-state index in [2.05, 4.69) is 0 Å². The molecule has 0 spiro atoms. The Morgan fingerprint density at radius 3 is 2.25 bits per heavy atom. The Hall–Kier alpha value is -2.02. The number of rotatable bonds is 3. The van der Waals surface area contributed by atoms with E-state index in [0.717, 1.165) is 0 Å². The van der Waals surface area contributed by atoms with E-state index >= 15 is 0 Å². The molecule has 2 aromatic rings. The summed E-state index contributed by atoms with van der Waals surface area (Å²) in [4.78, 5) is 12.0. The number of nitrogens with zero attached hydrogens (tertiary/aromatic N) is 1. The first kappa shape index (κ1) is 14.4. The van der Waals surface area contributed by atoms with Crippen molar-refractivity contribution in [1.82, 2.24) is 0 Å². The molecule has 0 aliphatic heterocycles. The van der Waals surface area contributed by atoms with E-state index in [0.29, 0.717) is 10.6 Å². The van der Waals surface area contributed by atoms with E-state index in [4.69, 9.17) is 33.2 Å². The molecule has 0 saturated heterocycles. The summed E-state index contributed by atoms with van der Waals surface area (Å²) in [6.07, 6.45) is -1.08. The summed E-state index contributed by atoms with van der Waals surface area (Å²) in [6.45, 7) is 0. The van der Waals surface area contributed by atoms with Gasteiger partial charge in [-0.2, -0.15) is 5.26 Å². The Kier molecular flexibility index (Phi) is 4.62. The van der Waals surface area contributed by atoms with Gasteiger partial charge < -0.3 is 4.74 Å². The molecule has 2 aromatic carbocycles. The zero-order valence-corrected chi connectivity index (χ0v) is 11.7. The average Bonchev–Trinajstić information content (AvgIpc) is 2.46. The molecule has 2 rings (SSSR count). The lowest BCUT2D eigenvalue weighted by molar-refractivity contribution is 0.0404. The second kappa shape index (κ2) is 6.42. The van der Waals surface area contributed by atoms with Crippen LogP contribution in [0.2, 0.25) is 10.0 Å². The first-order valence-corrected chi connectivity index (χ1v) is 6.48. The summed E-state index contributed by atoms with van der Waals surface area (Å²) in [5.41, 5.74) is 0.651. The molecule has 0 fully saturated rings. The molecule has 100 valence electrons. The third kappa shape index (κ3) is 3.11. The van der Waals surface area contributed by atoms with Crippen LogP contribution in [0.4, 0.5) is 0 Å². The Bertz CT molecular complexity index is 680. The monoisotopic (exact) mass is 305 g/mol. The lowest BCUT2D eigenvalue weighted by Crippen LogP contribution is -2.11. The molecule has 0 heterocycles. The Balaban J connectivity index is 2.24. The van der Waals surface area contributed by atoms with Crippen molar-refractivity contribution >= 4 is 29.2 Å². The zero-order chi connectivity index (χ0) is 14.5. The molecule has 3 nitrogen and oxygen atoms in total. The number of hydrogen-bond acceptors (Lipinski definition) is 3. The molecular weight excluding hydrogens is 297 g/mol. The summed E-state index contributed by atoms with van der Waals surface area (Å²) in [5, 5.41) is 9.79. The number of carbonyl (C=O) groups excluding carboxylic acids is 1. The maximum Gasteiger partial charge on any atom is 0.341 e. The minimum Gasteiger partial charge on any atom is -0.438 e. The Morgan fingerprint density at radius 2 is 1.65 bits per heavy atom. The van der Waals surface area contributed by atoms with Gasteiger partial charge in [-0.05, 0) is 18.2 Å². The van der Waals surface area contributed by atoms with Crippen molar-refractivity contribution < 1.29 is 9.53 Å². The molecule has 1 atom stereocenters. The van der Waals surface area contributed by atoms with E-state index in [1.165, 1.54) is 6.07 Å².